The molecule has 0 aliphatic carbocycles. The first kappa shape index (κ1) is 52.7. The van der Waals surface area contributed by atoms with Crippen molar-refractivity contribution in [3.8, 4) is 11.1 Å². The van der Waals surface area contributed by atoms with E-state index in [2.05, 4.69) is 208 Å². The van der Waals surface area contributed by atoms with Crippen LogP contribution < -0.4 is 0 Å². The van der Waals surface area contributed by atoms with Crippen LogP contribution in [-0.2, 0) is 12.8 Å². The Morgan fingerprint density at radius 2 is 0.333 bits per heavy atom. The van der Waals surface area contributed by atoms with Crippen LogP contribution in [0.2, 0.25) is 0 Å². The number of unbranched alkanes of at least 4 members (excludes halogenated alkanes) is 6. The molecule has 0 spiro atoms. The average Bonchev–Trinajstić information content (AvgIpc) is 0.712. The van der Waals surface area contributed by atoms with Crippen LogP contribution in [0, 0.1) is 0 Å². The van der Waals surface area contributed by atoms with Crippen LogP contribution in [0.15, 0.2) is 267 Å². The van der Waals surface area contributed by atoms with Gasteiger partial charge >= 0.3 is 0 Å². The van der Waals surface area contributed by atoms with Gasteiger partial charge in [-0.15, -0.1) is 0 Å². The van der Waals surface area contributed by atoms with Gasteiger partial charge in [-0.3, -0.25) is 0 Å². The highest BCUT2D eigenvalue weighted by atomic mass is 14.3. The molecular weight excluding hydrogens is 1010 g/mol. The van der Waals surface area contributed by atoms with Gasteiger partial charge in [0.15, 0.2) is 0 Å². The second-order valence-corrected chi connectivity index (χ2v) is 23.0. The maximum absolute atomic E-state index is 2.46. The first-order chi connectivity index (χ1) is 41.8. The van der Waals surface area contributed by atoms with Crippen molar-refractivity contribution < 1.29 is 0 Å². The molecule has 0 heteroatoms. The highest BCUT2D eigenvalue weighted by Gasteiger charge is 2.30. The molecule has 406 valence electrons. The van der Waals surface area contributed by atoms with Crippen molar-refractivity contribution in [3.63, 3.8) is 0 Å². The van der Waals surface area contributed by atoms with Crippen molar-refractivity contribution >= 4 is 129 Å². The van der Waals surface area contributed by atoms with E-state index in [1.165, 1.54) is 190 Å². The minimum Gasteiger partial charge on any atom is -0.0654 e. The minimum atomic E-state index is 1.01. The zero-order valence-corrected chi connectivity index (χ0v) is 48.5. The molecule has 0 aliphatic heterocycles. The van der Waals surface area contributed by atoms with Gasteiger partial charge in [0.2, 0.25) is 0 Å². The summed E-state index contributed by atoms with van der Waals surface area (Å²) in [5, 5.41) is 32.5. The third-order valence-corrected chi connectivity index (χ3v) is 18.1. The summed E-state index contributed by atoms with van der Waals surface area (Å²) in [6.45, 7) is 4.67. The maximum atomic E-state index is 2.46. The third-order valence-electron chi connectivity index (χ3n) is 18.1. The van der Waals surface area contributed by atoms with Crippen molar-refractivity contribution in [1.82, 2.24) is 0 Å². The Hall–Kier alpha value is -9.36. The summed E-state index contributed by atoms with van der Waals surface area (Å²) in [4.78, 5) is 0. The van der Waals surface area contributed by atoms with E-state index in [1.54, 1.807) is 0 Å². The van der Waals surface area contributed by atoms with Gasteiger partial charge in [-0.25, -0.2) is 0 Å². The second kappa shape index (κ2) is 23.5. The predicted molar refractivity (Wildman–Crippen MR) is 371 cm³/mol. The lowest BCUT2D eigenvalue weighted by atomic mass is 9.74. The van der Waals surface area contributed by atoms with Crippen molar-refractivity contribution in [2.75, 3.05) is 0 Å². The molecule has 16 aromatic carbocycles. The molecule has 0 fully saturated rings. The number of rotatable bonds is 11. The normalized spacial score (nSPS) is 11.7. The molecule has 0 atom stereocenters. The Labute approximate surface area is 493 Å². The Morgan fingerprint density at radius 3 is 0.512 bits per heavy atom. The molecule has 0 amide bonds. The summed E-state index contributed by atoms with van der Waals surface area (Å²) in [5.41, 5.74) is 5.73. The van der Waals surface area contributed by atoms with Crippen LogP contribution in [0.4, 0.5) is 0 Å². The molecule has 0 heterocycles. The monoisotopic (exact) mass is 1080 g/mol. The van der Waals surface area contributed by atoms with E-state index in [0.29, 0.717) is 0 Å². The lowest BCUT2D eigenvalue weighted by molar-refractivity contribution is 0.670. The molecule has 0 unspecified atom stereocenters. The van der Waals surface area contributed by atoms with E-state index in [4.69, 9.17) is 0 Å². The number of hydrogen-bond acceptors (Lipinski definition) is 0. The lowest BCUT2D eigenvalue weighted by Crippen LogP contribution is -2.02. The summed E-state index contributed by atoms with van der Waals surface area (Å²) >= 11 is 0. The summed E-state index contributed by atoms with van der Waals surface area (Å²) in [5.74, 6) is 0. The zero-order chi connectivity index (χ0) is 56.3. The first-order valence-corrected chi connectivity index (χ1v) is 31.0. The van der Waals surface area contributed by atoms with Gasteiger partial charge in [0.25, 0.3) is 0 Å². The van der Waals surface area contributed by atoms with E-state index >= 15 is 0 Å². The number of hydrogen-bond donors (Lipinski definition) is 0. The molecule has 0 saturated carbocycles. The largest absolute Gasteiger partial charge is 0.0654 e. The van der Waals surface area contributed by atoms with Gasteiger partial charge in [0.1, 0.15) is 0 Å². The molecule has 16 aromatic rings. The molecular formula is C84H70. The van der Waals surface area contributed by atoms with E-state index in [1.807, 2.05) is 72.8 Å². The van der Waals surface area contributed by atoms with E-state index in [9.17, 15) is 0 Å². The van der Waals surface area contributed by atoms with Crippen LogP contribution >= 0.6 is 0 Å². The van der Waals surface area contributed by atoms with Crippen LogP contribution in [-0.4, -0.2) is 0 Å². The fourth-order valence-corrected chi connectivity index (χ4v) is 14.6. The molecule has 0 nitrogen and oxygen atoms in total. The van der Waals surface area contributed by atoms with Gasteiger partial charge in [0, 0.05) is 0 Å². The number of fused-ring (bicyclic) bond motifs is 24. The molecule has 0 aliphatic rings. The zero-order valence-electron chi connectivity index (χ0n) is 48.5. The van der Waals surface area contributed by atoms with Gasteiger partial charge in [-0.1, -0.05) is 319 Å². The van der Waals surface area contributed by atoms with Gasteiger partial charge in [0.05, 0.1) is 0 Å². The molecule has 16 rings (SSSR count). The Balaban J connectivity index is 0.000000468. The number of aryl methyl sites for hydroxylation is 2. The Bertz CT molecular complexity index is 4440. The van der Waals surface area contributed by atoms with Crippen LogP contribution in [0.25, 0.3) is 140 Å². The number of benzene rings is 16. The molecule has 0 N–H and O–H groups in total. The molecule has 84 heavy (non-hydrogen) atoms. The highest BCUT2D eigenvalue weighted by molar-refractivity contribution is 6.46. The smallest absolute Gasteiger partial charge is 0.0000721 e. The van der Waals surface area contributed by atoms with Crippen molar-refractivity contribution in [2.45, 2.75) is 78.1 Å². The fraction of sp³-hybridized carbons (Fsp3) is 0.143. The summed E-state index contributed by atoms with van der Waals surface area (Å²) in [7, 11) is 0. The van der Waals surface area contributed by atoms with Crippen LogP contribution in [0.1, 0.15) is 76.3 Å². The predicted octanol–water partition coefficient (Wildman–Crippen LogP) is 24.8. The van der Waals surface area contributed by atoms with Crippen molar-refractivity contribution in [3.05, 3.63) is 278 Å². The Kier molecular flexibility index (Phi) is 14.7. The van der Waals surface area contributed by atoms with Crippen LogP contribution in [0.5, 0.6) is 0 Å². The molecule has 0 radical (unpaired) electrons. The van der Waals surface area contributed by atoms with Gasteiger partial charge in [-0.2, -0.15) is 0 Å². The summed E-state index contributed by atoms with van der Waals surface area (Å²) in [6.07, 6.45) is 11.6. The van der Waals surface area contributed by atoms with Gasteiger partial charge < -0.3 is 0 Å². The van der Waals surface area contributed by atoms with E-state index in [-0.39, 0.29) is 0 Å². The van der Waals surface area contributed by atoms with E-state index < -0.39 is 0 Å². The summed E-state index contributed by atoms with van der Waals surface area (Å²) < 4.78 is 0. The first-order valence-electron chi connectivity index (χ1n) is 31.0. The lowest BCUT2D eigenvalue weighted by Gasteiger charge is -2.28. The SMILES string of the molecule is CCCCCCc1c2c3ccccc3c3ccccc3c2c(-c2c3c4ccccc4c4ccccc4c3c(CCCCCC)c3c4ccccc4c4ccccc4c23)c2c3ccccc3c3ccccc3c12.c1ccccc1.c1ccccc1. The minimum absolute atomic E-state index is 1.01. The standard InChI is InChI=1S/C72H58.2C6H6/c1-3-5-7-9-43-61-63-53-35-19-11-27-45(53)49-31-15-23-39-57(49)67(63)71(68-58-40-24-16-32-50(58)46-28-12-20-36-54(46)64(61)68)72-69-59-41-25-17-33-51(59)47-29-13-21-37-55(47)65(69)62(44-10-8-6-4-2)66-56-38-22-14-30-48(56)52-34-18-26-42-60(52)70(66)72;2*1-2-4-6-5-3-1/h11-42H,3-10,43-44H2,1-2H3;2*1-6H. The Morgan fingerprint density at radius 1 is 0.167 bits per heavy atom. The topological polar surface area (TPSA) is 0 Å². The third kappa shape index (κ3) is 9.08. The second-order valence-electron chi connectivity index (χ2n) is 23.0. The van der Waals surface area contributed by atoms with Crippen molar-refractivity contribution in [1.29, 1.82) is 0 Å². The van der Waals surface area contributed by atoms with Crippen LogP contribution in [0.3, 0.4) is 0 Å². The quantitative estimate of drug-likeness (QED) is 0.0688. The fourth-order valence-electron chi connectivity index (χ4n) is 14.6. The summed E-state index contributed by atoms with van der Waals surface area (Å²) in [6, 6.07) is 99.1. The van der Waals surface area contributed by atoms with E-state index in [0.717, 1.165) is 25.7 Å². The molecule has 0 aromatic heterocycles. The average molecular weight is 1080 g/mol. The van der Waals surface area contributed by atoms with Crippen molar-refractivity contribution in [2.24, 2.45) is 0 Å². The maximum Gasteiger partial charge on any atom is -0.0000721 e. The molecule has 0 bridgehead atoms. The van der Waals surface area contributed by atoms with Gasteiger partial charge in [-0.05, 0) is 177 Å². The highest BCUT2D eigenvalue weighted by Crippen LogP contribution is 2.57. The molecule has 0 saturated heterocycles.